The van der Waals surface area contributed by atoms with Gasteiger partial charge in [0.05, 0.1) is 7.11 Å². The van der Waals surface area contributed by atoms with Crippen LogP contribution in [0.3, 0.4) is 0 Å². The van der Waals surface area contributed by atoms with E-state index < -0.39 is 12.1 Å². The van der Waals surface area contributed by atoms with Crippen LogP contribution in [0.15, 0.2) is 28.7 Å². The predicted molar refractivity (Wildman–Crippen MR) is 50.0 cm³/mol. The molecule has 1 rings (SSSR count). The molecule has 0 aliphatic heterocycles. The highest BCUT2D eigenvalue weighted by Gasteiger charge is 2.21. The Morgan fingerprint density at radius 2 is 2.15 bits per heavy atom. The van der Waals surface area contributed by atoms with E-state index in [-0.39, 0.29) is 5.56 Å². The molecule has 4 heteroatoms. The molecule has 1 aromatic carbocycles. The van der Waals surface area contributed by atoms with Crippen molar-refractivity contribution in [2.24, 2.45) is 0 Å². The number of carbonyl (C=O) groups excluding carboxylic acids is 1. The van der Waals surface area contributed by atoms with Crippen LogP contribution in [0, 0.1) is 0 Å². The van der Waals surface area contributed by atoms with Gasteiger partial charge in [-0.25, -0.2) is 9.18 Å². The van der Waals surface area contributed by atoms with Gasteiger partial charge in [0.15, 0.2) is 0 Å². The summed E-state index contributed by atoms with van der Waals surface area (Å²) in [6.07, 6.45) is -1.72. The Hall–Kier alpha value is -0.900. The van der Waals surface area contributed by atoms with E-state index in [1.807, 2.05) is 0 Å². The van der Waals surface area contributed by atoms with E-state index in [4.69, 9.17) is 0 Å². The number of benzene rings is 1. The van der Waals surface area contributed by atoms with Crippen molar-refractivity contribution in [3.05, 3.63) is 34.3 Å². The predicted octanol–water partition coefficient (Wildman–Crippen LogP) is 2.63. The zero-order valence-corrected chi connectivity index (χ0v) is 8.55. The Morgan fingerprint density at radius 1 is 1.54 bits per heavy atom. The Labute approximate surface area is 83.8 Å². The first-order chi connectivity index (χ1) is 6.16. The molecule has 0 radical (unpaired) electrons. The van der Waals surface area contributed by atoms with Crippen LogP contribution in [0.1, 0.15) is 11.7 Å². The van der Waals surface area contributed by atoms with E-state index >= 15 is 0 Å². The average molecular weight is 247 g/mol. The van der Waals surface area contributed by atoms with Crippen molar-refractivity contribution in [1.82, 2.24) is 0 Å². The van der Waals surface area contributed by atoms with Gasteiger partial charge in [0.25, 0.3) is 0 Å². The molecule has 0 fully saturated rings. The zero-order valence-electron chi connectivity index (χ0n) is 6.96. The lowest BCUT2D eigenvalue weighted by molar-refractivity contribution is -0.146. The van der Waals surface area contributed by atoms with Crippen molar-refractivity contribution in [3.8, 4) is 0 Å². The van der Waals surface area contributed by atoms with Gasteiger partial charge in [0, 0.05) is 10.0 Å². The average Bonchev–Trinajstić information content (AvgIpc) is 2.16. The third kappa shape index (κ3) is 2.28. The van der Waals surface area contributed by atoms with Gasteiger partial charge in [0.2, 0.25) is 6.17 Å². The lowest BCUT2D eigenvalue weighted by atomic mass is 10.1. The first kappa shape index (κ1) is 10.2. The molecule has 0 spiro atoms. The molecule has 0 N–H and O–H groups in total. The molecule has 70 valence electrons. The smallest absolute Gasteiger partial charge is 0.345 e. The van der Waals surface area contributed by atoms with Gasteiger partial charge >= 0.3 is 5.97 Å². The van der Waals surface area contributed by atoms with Gasteiger partial charge in [-0.15, -0.1) is 0 Å². The molecule has 0 amide bonds. The van der Waals surface area contributed by atoms with Gasteiger partial charge < -0.3 is 4.74 Å². The summed E-state index contributed by atoms with van der Waals surface area (Å²) in [6, 6.07) is 6.61. The van der Waals surface area contributed by atoms with E-state index in [9.17, 15) is 9.18 Å². The molecule has 0 aromatic heterocycles. The maximum absolute atomic E-state index is 13.3. The topological polar surface area (TPSA) is 26.3 Å². The summed E-state index contributed by atoms with van der Waals surface area (Å²) in [5.74, 6) is -0.882. The largest absolute Gasteiger partial charge is 0.467 e. The maximum Gasteiger partial charge on any atom is 0.345 e. The molecule has 0 heterocycles. The fraction of sp³-hybridized carbons (Fsp3) is 0.222. The van der Waals surface area contributed by atoms with Crippen LogP contribution in [-0.4, -0.2) is 13.1 Å². The number of rotatable bonds is 2. The van der Waals surface area contributed by atoms with E-state index in [2.05, 4.69) is 20.7 Å². The molecule has 0 aliphatic carbocycles. The van der Waals surface area contributed by atoms with E-state index in [0.29, 0.717) is 4.47 Å². The van der Waals surface area contributed by atoms with Gasteiger partial charge in [0.1, 0.15) is 0 Å². The molecule has 0 saturated heterocycles. The Morgan fingerprint density at radius 3 is 2.69 bits per heavy atom. The third-order valence-corrected chi connectivity index (χ3v) is 2.31. The van der Waals surface area contributed by atoms with Crippen LogP contribution in [0.2, 0.25) is 0 Å². The van der Waals surface area contributed by atoms with Crippen molar-refractivity contribution in [1.29, 1.82) is 0 Å². The minimum Gasteiger partial charge on any atom is -0.467 e. The maximum atomic E-state index is 13.3. The highest BCUT2D eigenvalue weighted by Crippen LogP contribution is 2.26. The van der Waals surface area contributed by atoms with Crippen LogP contribution in [0.5, 0.6) is 0 Å². The van der Waals surface area contributed by atoms with Gasteiger partial charge in [-0.05, 0) is 6.07 Å². The number of methoxy groups -OCH3 is 1. The van der Waals surface area contributed by atoms with Crippen LogP contribution >= 0.6 is 15.9 Å². The number of hydrogen-bond acceptors (Lipinski definition) is 2. The molecule has 0 aliphatic rings. The molecular formula is C9H8BrFO2. The van der Waals surface area contributed by atoms with Crippen LogP contribution in [-0.2, 0) is 9.53 Å². The van der Waals surface area contributed by atoms with E-state index in [1.54, 1.807) is 18.2 Å². The van der Waals surface area contributed by atoms with Gasteiger partial charge in [-0.2, -0.15) is 0 Å². The van der Waals surface area contributed by atoms with Crippen molar-refractivity contribution in [3.63, 3.8) is 0 Å². The summed E-state index contributed by atoms with van der Waals surface area (Å²) >= 11 is 3.15. The monoisotopic (exact) mass is 246 g/mol. The Balaban J connectivity index is 2.95. The Bertz CT molecular complexity index is 314. The minimum absolute atomic E-state index is 0.286. The molecule has 1 unspecified atom stereocenters. The quantitative estimate of drug-likeness (QED) is 0.751. The first-order valence-electron chi connectivity index (χ1n) is 3.63. The molecule has 1 atom stereocenters. The summed E-state index contributed by atoms with van der Waals surface area (Å²) in [7, 11) is 1.16. The first-order valence-corrected chi connectivity index (χ1v) is 4.42. The van der Waals surface area contributed by atoms with Crippen molar-refractivity contribution in [2.75, 3.05) is 7.11 Å². The zero-order chi connectivity index (χ0) is 9.84. The number of esters is 1. The SMILES string of the molecule is COC(=O)C(F)c1ccccc1Br. The van der Waals surface area contributed by atoms with E-state index in [1.165, 1.54) is 6.07 Å². The number of hydrogen-bond donors (Lipinski definition) is 0. The van der Waals surface area contributed by atoms with Crippen LogP contribution in [0.25, 0.3) is 0 Å². The number of carbonyl (C=O) groups is 1. The van der Waals surface area contributed by atoms with Crippen LogP contribution in [0.4, 0.5) is 4.39 Å². The highest BCUT2D eigenvalue weighted by molar-refractivity contribution is 9.10. The normalized spacial score (nSPS) is 12.2. The van der Waals surface area contributed by atoms with Crippen molar-refractivity contribution in [2.45, 2.75) is 6.17 Å². The fourth-order valence-electron chi connectivity index (χ4n) is 0.911. The summed E-state index contributed by atoms with van der Waals surface area (Å²) in [6.45, 7) is 0. The van der Waals surface area contributed by atoms with Crippen molar-refractivity contribution < 1.29 is 13.9 Å². The minimum atomic E-state index is -1.72. The fourth-order valence-corrected chi connectivity index (χ4v) is 1.40. The molecule has 13 heavy (non-hydrogen) atoms. The van der Waals surface area contributed by atoms with Gasteiger partial charge in [-0.3, -0.25) is 0 Å². The van der Waals surface area contributed by atoms with Gasteiger partial charge in [-0.1, -0.05) is 34.1 Å². The number of alkyl halides is 1. The summed E-state index contributed by atoms with van der Waals surface area (Å²) < 4.78 is 18.1. The summed E-state index contributed by atoms with van der Waals surface area (Å²) in [4.78, 5) is 10.8. The van der Waals surface area contributed by atoms with Crippen molar-refractivity contribution >= 4 is 21.9 Å². The second kappa shape index (κ2) is 4.37. The molecular weight excluding hydrogens is 239 g/mol. The standard InChI is InChI=1S/C9H8BrFO2/c1-13-9(12)8(11)6-4-2-3-5-7(6)10/h2-5,8H,1H3. The lowest BCUT2D eigenvalue weighted by Crippen LogP contribution is -2.09. The second-order valence-corrected chi connectivity index (χ2v) is 3.26. The summed E-state index contributed by atoms with van der Waals surface area (Å²) in [5.41, 5.74) is 0.286. The lowest BCUT2D eigenvalue weighted by Gasteiger charge is -2.07. The number of halogens is 2. The summed E-state index contributed by atoms with van der Waals surface area (Å²) in [5, 5.41) is 0. The molecule has 0 bridgehead atoms. The molecule has 2 nitrogen and oxygen atoms in total. The second-order valence-electron chi connectivity index (χ2n) is 2.41. The van der Waals surface area contributed by atoms with E-state index in [0.717, 1.165) is 7.11 Å². The molecule has 0 saturated carbocycles. The Kier molecular flexibility index (Phi) is 3.42. The molecule has 1 aromatic rings. The third-order valence-electron chi connectivity index (χ3n) is 1.59. The highest BCUT2D eigenvalue weighted by atomic mass is 79.9. The number of ether oxygens (including phenoxy) is 1. The van der Waals surface area contributed by atoms with Crippen LogP contribution < -0.4 is 0 Å².